The van der Waals surface area contributed by atoms with E-state index in [0.29, 0.717) is 29.2 Å². The van der Waals surface area contributed by atoms with E-state index in [1.807, 2.05) is 6.07 Å². The van der Waals surface area contributed by atoms with Crippen LogP contribution >= 0.6 is 0 Å². The van der Waals surface area contributed by atoms with Crippen LogP contribution < -0.4 is 9.46 Å². The van der Waals surface area contributed by atoms with E-state index in [0.717, 1.165) is 5.56 Å². The van der Waals surface area contributed by atoms with E-state index in [-0.39, 0.29) is 5.16 Å². The van der Waals surface area contributed by atoms with Crippen molar-refractivity contribution in [3.63, 3.8) is 0 Å². The number of imidazole rings is 1. The van der Waals surface area contributed by atoms with Gasteiger partial charge in [-0.15, -0.1) is 0 Å². The summed E-state index contributed by atoms with van der Waals surface area (Å²) in [5, 5.41) is 8.78. The molecular weight excluding hydrogens is 352 g/mol. The number of hydrogen-bond acceptors (Lipinski definition) is 5. The molecule has 0 aliphatic rings. The van der Waals surface area contributed by atoms with Gasteiger partial charge < -0.3 is 9.72 Å². The zero-order chi connectivity index (χ0) is 18.6. The number of aromatic nitrogens is 2. The molecule has 132 valence electrons. The number of nitrogens with zero attached hydrogens (tertiary/aromatic N) is 2. The molecule has 26 heavy (non-hydrogen) atoms. The fourth-order valence-corrected chi connectivity index (χ4v) is 3.37. The van der Waals surface area contributed by atoms with Crippen LogP contribution in [0.5, 0.6) is 5.75 Å². The Kier molecular flexibility index (Phi) is 4.91. The van der Waals surface area contributed by atoms with Gasteiger partial charge in [0.2, 0.25) is 5.16 Å². The standard InChI is InChI=1S/C18H16N4O3S/c1-13-9-16(25-12-15-4-2-3-14(10-15)11-19)5-6-17(13)22-26(23,24)18-20-7-8-21-18/h2-10,22H,12H2,1H3,(H,20,21). The first-order chi connectivity index (χ1) is 12.5. The molecule has 2 N–H and O–H groups in total. The molecule has 0 aliphatic heterocycles. The van der Waals surface area contributed by atoms with Crippen molar-refractivity contribution in [3.05, 3.63) is 71.5 Å². The molecular formula is C18H16N4O3S. The van der Waals surface area contributed by atoms with Crippen molar-refractivity contribution in [2.24, 2.45) is 0 Å². The number of rotatable bonds is 6. The van der Waals surface area contributed by atoms with Gasteiger partial charge in [0.25, 0.3) is 10.0 Å². The number of nitriles is 1. The van der Waals surface area contributed by atoms with Crippen molar-refractivity contribution >= 4 is 15.7 Å². The van der Waals surface area contributed by atoms with Crippen molar-refractivity contribution in [3.8, 4) is 11.8 Å². The largest absolute Gasteiger partial charge is 0.489 e. The molecule has 0 saturated heterocycles. The number of anilines is 1. The third-order valence-corrected chi connectivity index (χ3v) is 4.85. The Morgan fingerprint density at radius 1 is 1.27 bits per heavy atom. The first kappa shape index (κ1) is 17.5. The highest BCUT2D eigenvalue weighted by Crippen LogP contribution is 2.24. The van der Waals surface area contributed by atoms with Gasteiger partial charge in [0, 0.05) is 12.4 Å². The average Bonchev–Trinajstić information content (AvgIpc) is 3.18. The number of hydrogen-bond donors (Lipinski definition) is 2. The molecule has 0 atom stereocenters. The Morgan fingerprint density at radius 3 is 2.81 bits per heavy atom. The van der Waals surface area contributed by atoms with Crippen LogP contribution in [0.2, 0.25) is 0 Å². The quantitative estimate of drug-likeness (QED) is 0.695. The number of H-pyrrole nitrogens is 1. The van der Waals surface area contributed by atoms with Gasteiger partial charge in [0.05, 0.1) is 17.3 Å². The Labute approximate surface area is 151 Å². The number of sulfonamides is 1. The highest BCUT2D eigenvalue weighted by Gasteiger charge is 2.17. The van der Waals surface area contributed by atoms with Crippen LogP contribution in [-0.2, 0) is 16.6 Å². The topological polar surface area (TPSA) is 108 Å². The zero-order valence-electron chi connectivity index (χ0n) is 13.9. The molecule has 0 unspecified atom stereocenters. The summed E-state index contributed by atoms with van der Waals surface area (Å²) in [6, 6.07) is 14.3. The predicted molar refractivity (Wildman–Crippen MR) is 96.1 cm³/mol. The fraction of sp³-hybridized carbons (Fsp3) is 0.111. The molecule has 0 spiro atoms. The summed E-state index contributed by atoms with van der Waals surface area (Å²) >= 11 is 0. The Bertz CT molecular complexity index is 1050. The summed E-state index contributed by atoms with van der Waals surface area (Å²) in [4.78, 5) is 6.32. The maximum Gasteiger partial charge on any atom is 0.295 e. The Balaban J connectivity index is 1.70. The minimum Gasteiger partial charge on any atom is -0.489 e. The first-order valence-corrected chi connectivity index (χ1v) is 9.21. The molecule has 0 aliphatic carbocycles. The van der Waals surface area contributed by atoms with E-state index in [1.54, 1.807) is 43.3 Å². The minimum absolute atomic E-state index is 0.144. The monoisotopic (exact) mass is 368 g/mol. The normalized spacial score (nSPS) is 10.9. The van der Waals surface area contributed by atoms with Crippen LogP contribution in [-0.4, -0.2) is 18.4 Å². The second-order valence-electron chi connectivity index (χ2n) is 5.58. The SMILES string of the molecule is Cc1cc(OCc2cccc(C#N)c2)ccc1NS(=O)(=O)c1ncc[nH]1. The lowest BCUT2D eigenvalue weighted by Crippen LogP contribution is -2.15. The molecule has 0 radical (unpaired) electrons. The maximum absolute atomic E-state index is 12.2. The number of aryl methyl sites for hydroxylation is 1. The van der Waals surface area contributed by atoms with E-state index in [9.17, 15) is 8.42 Å². The number of ether oxygens (including phenoxy) is 1. The molecule has 1 aromatic heterocycles. The molecule has 8 heteroatoms. The summed E-state index contributed by atoms with van der Waals surface area (Å²) in [6.45, 7) is 2.09. The molecule has 3 aromatic rings. The van der Waals surface area contributed by atoms with Crippen LogP contribution in [0.4, 0.5) is 5.69 Å². The van der Waals surface area contributed by atoms with Gasteiger partial charge in [0.1, 0.15) is 12.4 Å². The smallest absolute Gasteiger partial charge is 0.295 e. The van der Waals surface area contributed by atoms with Crippen LogP contribution in [0.15, 0.2) is 60.0 Å². The van der Waals surface area contributed by atoms with Crippen molar-refractivity contribution < 1.29 is 13.2 Å². The van der Waals surface area contributed by atoms with E-state index in [1.165, 1.54) is 12.4 Å². The third kappa shape index (κ3) is 4.02. The van der Waals surface area contributed by atoms with Crippen molar-refractivity contribution in [2.75, 3.05) is 4.72 Å². The lowest BCUT2D eigenvalue weighted by atomic mass is 10.1. The number of nitrogens with one attached hydrogen (secondary N) is 2. The average molecular weight is 368 g/mol. The zero-order valence-corrected chi connectivity index (χ0v) is 14.7. The minimum atomic E-state index is -3.76. The lowest BCUT2D eigenvalue weighted by Gasteiger charge is -2.12. The summed E-state index contributed by atoms with van der Waals surface area (Å²) in [5.74, 6) is 0.603. The van der Waals surface area contributed by atoms with Crippen LogP contribution in [0.1, 0.15) is 16.7 Å². The molecule has 0 bridgehead atoms. The summed E-state index contributed by atoms with van der Waals surface area (Å²) in [6.07, 6.45) is 2.82. The van der Waals surface area contributed by atoms with Gasteiger partial charge in [-0.3, -0.25) is 4.72 Å². The summed E-state index contributed by atoms with van der Waals surface area (Å²) in [7, 11) is -3.76. The highest BCUT2D eigenvalue weighted by atomic mass is 32.2. The summed E-state index contributed by atoms with van der Waals surface area (Å²) in [5.41, 5.74) is 2.61. The molecule has 3 rings (SSSR count). The van der Waals surface area contributed by atoms with Crippen molar-refractivity contribution in [1.29, 1.82) is 5.26 Å². The third-order valence-electron chi connectivity index (χ3n) is 3.63. The van der Waals surface area contributed by atoms with Crippen molar-refractivity contribution in [1.82, 2.24) is 9.97 Å². The fourth-order valence-electron chi connectivity index (χ4n) is 2.33. The number of benzene rings is 2. The van der Waals surface area contributed by atoms with Gasteiger partial charge in [-0.1, -0.05) is 12.1 Å². The highest BCUT2D eigenvalue weighted by molar-refractivity contribution is 7.92. The van der Waals surface area contributed by atoms with Crippen LogP contribution in [0.3, 0.4) is 0 Å². The van der Waals surface area contributed by atoms with E-state index in [2.05, 4.69) is 20.8 Å². The van der Waals surface area contributed by atoms with Crippen molar-refractivity contribution in [2.45, 2.75) is 18.7 Å². The molecule has 0 fully saturated rings. The Hall–Kier alpha value is -3.31. The molecule has 2 aromatic carbocycles. The molecule has 0 amide bonds. The second-order valence-corrected chi connectivity index (χ2v) is 7.18. The van der Waals surface area contributed by atoms with Gasteiger partial charge in [-0.05, 0) is 48.4 Å². The molecule has 1 heterocycles. The van der Waals surface area contributed by atoms with Gasteiger partial charge in [-0.2, -0.15) is 13.7 Å². The van der Waals surface area contributed by atoms with Gasteiger partial charge >= 0.3 is 0 Å². The lowest BCUT2D eigenvalue weighted by molar-refractivity contribution is 0.306. The van der Waals surface area contributed by atoms with E-state index >= 15 is 0 Å². The Morgan fingerprint density at radius 2 is 2.12 bits per heavy atom. The van der Waals surface area contributed by atoms with E-state index in [4.69, 9.17) is 10.00 Å². The van der Waals surface area contributed by atoms with Gasteiger partial charge in [-0.25, -0.2) is 4.98 Å². The summed E-state index contributed by atoms with van der Waals surface area (Å²) < 4.78 is 32.6. The van der Waals surface area contributed by atoms with E-state index < -0.39 is 10.0 Å². The first-order valence-electron chi connectivity index (χ1n) is 7.72. The van der Waals surface area contributed by atoms with Crippen LogP contribution in [0, 0.1) is 18.3 Å². The van der Waals surface area contributed by atoms with Gasteiger partial charge in [0.15, 0.2) is 0 Å². The predicted octanol–water partition coefficient (Wildman–Crippen LogP) is 2.97. The molecule has 0 saturated carbocycles. The van der Waals surface area contributed by atoms with Crippen LogP contribution in [0.25, 0.3) is 0 Å². The second kappa shape index (κ2) is 7.29. The molecule has 7 nitrogen and oxygen atoms in total. The number of aromatic amines is 1. The maximum atomic E-state index is 12.2.